The number of aromatic nitrogens is 2. The number of anilines is 1. The molecule has 0 bridgehead atoms. The van der Waals surface area contributed by atoms with Gasteiger partial charge in [0, 0.05) is 0 Å². The molecule has 3 N–H and O–H groups in total. The fraction of sp³-hybridized carbons (Fsp3) is 0.500. The molecule has 0 aliphatic carbocycles. The predicted octanol–water partition coefficient (Wildman–Crippen LogP) is 0.214. The third-order valence-electron chi connectivity index (χ3n) is 1.40. The molecule has 0 radical (unpaired) electrons. The lowest BCUT2D eigenvalue weighted by Gasteiger charge is -2.20. The Morgan fingerprint density at radius 3 is 2.83 bits per heavy atom. The fourth-order valence-corrected chi connectivity index (χ4v) is 1.16. The molecule has 0 unspecified atom stereocenters. The van der Waals surface area contributed by atoms with E-state index in [2.05, 4.69) is 15.5 Å². The molecule has 0 spiro atoms. The van der Waals surface area contributed by atoms with Crippen LogP contribution in [0.5, 0.6) is 0 Å². The Kier molecular flexibility index (Phi) is 2.27. The van der Waals surface area contributed by atoms with Crippen LogP contribution in [0, 0.1) is 0 Å². The summed E-state index contributed by atoms with van der Waals surface area (Å²) < 4.78 is 0. The van der Waals surface area contributed by atoms with E-state index in [9.17, 15) is 4.79 Å². The van der Waals surface area contributed by atoms with Crippen LogP contribution in [0.4, 0.5) is 5.13 Å². The van der Waals surface area contributed by atoms with Crippen molar-refractivity contribution in [1.82, 2.24) is 10.2 Å². The highest BCUT2D eigenvalue weighted by molar-refractivity contribution is 7.13. The second kappa shape index (κ2) is 3.06. The van der Waals surface area contributed by atoms with Gasteiger partial charge in [0.2, 0.25) is 11.0 Å². The van der Waals surface area contributed by atoms with Crippen LogP contribution in [0.2, 0.25) is 0 Å². The highest BCUT2D eigenvalue weighted by atomic mass is 32.1. The minimum absolute atomic E-state index is 0.419. The van der Waals surface area contributed by atoms with Crippen LogP contribution in [-0.2, 0) is 4.79 Å². The van der Waals surface area contributed by atoms with Crippen molar-refractivity contribution in [3.05, 3.63) is 5.51 Å². The summed E-state index contributed by atoms with van der Waals surface area (Å²) in [6.45, 7) is 3.38. The number of nitrogens with one attached hydrogen (secondary N) is 1. The van der Waals surface area contributed by atoms with E-state index >= 15 is 0 Å². The van der Waals surface area contributed by atoms with E-state index in [1.165, 1.54) is 11.3 Å². The number of nitrogens with zero attached hydrogens (tertiary/aromatic N) is 2. The van der Waals surface area contributed by atoms with Gasteiger partial charge in [-0.1, -0.05) is 11.3 Å². The average molecular weight is 186 g/mol. The van der Waals surface area contributed by atoms with Crippen molar-refractivity contribution in [2.45, 2.75) is 19.4 Å². The fourth-order valence-electron chi connectivity index (χ4n) is 0.556. The number of hydrogen-bond donors (Lipinski definition) is 2. The van der Waals surface area contributed by atoms with Crippen LogP contribution in [0.3, 0.4) is 0 Å². The average Bonchev–Trinajstić information content (AvgIpc) is 2.38. The van der Waals surface area contributed by atoms with Gasteiger partial charge in [-0.15, -0.1) is 10.2 Å². The molecule has 0 saturated carbocycles. The Bertz CT molecular complexity index is 269. The van der Waals surface area contributed by atoms with Crippen LogP contribution in [0.15, 0.2) is 5.51 Å². The Morgan fingerprint density at radius 2 is 2.42 bits per heavy atom. The number of hydrogen-bond acceptors (Lipinski definition) is 5. The van der Waals surface area contributed by atoms with Crippen molar-refractivity contribution in [2.24, 2.45) is 5.73 Å². The van der Waals surface area contributed by atoms with Crippen LogP contribution in [0.25, 0.3) is 0 Å². The summed E-state index contributed by atoms with van der Waals surface area (Å²) in [5.74, 6) is -0.419. The number of rotatable bonds is 3. The Hall–Kier alpha value is -1.17. The van der Waals surface area contributed by atoms with Crippen LogP contribution < -0.4 is 11.1 Å². The molecule has 6 heteroatoms. The minimum Gasteiger partial charge on any atom is -0.368 e. The van der Waals surface area contributed by atoms with Gasteiger partial charge in [0.15, 0.2) is 0 Å². The number of carbonyl (C=O) groups is 1. The summed E-state index contributed by atoms with van der Waals surface area (Å²) in [5.41, 5.74) is 5.95. The summed E-state index contributed by atoms with van der Waals surface area (Å²) in [4.78, 5) is 10.9. The standard InChI is InChI=1S/C6H10N4OS/c1-6(2,4(7)11)9-5-10-8-3-12-5/h3H,1-2H3,(H2,7,11)(H,9,10). The highest BCUT2D eigenvalue weighted by Crippen LogP contribution is 2.15. The predicted molar refractivity (Wildman–Crippen MR) is 46.8 cm³/mol. The normalized spacial score (nSPS) is 11.2. The maximum atomic E-state index is 10.9. The van der Waals surface area contributed by atoms with E-state index in [1.54, 1.807) is 19.4 Å². The zero-order chi connectivity index (χ0) is 9.19. The zero-order valence-electron chi connectivity index (χ0n) is 6.87. The molecule has 1 aromatic heterocycles. The van der Waals surface area contributed by atoms with Crippen molar-refractivity contribution in [1.29, 1.82) is 0 Å². The topological polar surface area (TPSA) is 80.9 Å². The summed E-state index contributed by atoms with van der Waals surface area (Å²) >= 11 is 1.33. The third-order valence-corrected chi connectivity index (χ3v) is 2.00. The molecule has 1 heterocycles. The van der Waals surface area contributed by atoms with Crippen molar-refractivity contribution in [3.8, 4) is 0 Å². The lowest BCUT2D eigenvalue weighted by Crippen LogP contribution is -2.44. The van der Waals surface area contributed by atoms with Crippen molar-refractivity contribution < 1.29 is 4.79 Å². The smallest absolute Gasteiger partial charge is 0.242 e. The molecule has 0 aliphatic rings. The molecular formula is C6H10N4OS. The van der Waals surface area contributed by atoms with Gasteiger partial charge >= 0.3 is 0 Å². The largest absolute Gasteiger partial charge is 0.368 e. The van der Waals surface area contributed by atoms with Gasteiger partial charge < -0.3 is 11.1 Å². The van der Waals surface area contributed by atoms with Gasteiger partial charge in [-0.25, -0.2) is 0 Å². The second-order valence-corrected chi connectivity index (χ2v) is 3.69. The molecule has 0 fully saturated rings. The van der Waals surface area contributed by atoms with E-state index in [1.807, 2.05) is 0 Å². The SMILES string of the molecule is CC(C)(Nc1nncs1)C(N)=O. The third kappa shape index (κ3) is 1.91. The summed E-state index contributed by atoms with van der Waals surface area (Å²) in [6, 6.07) is 0. The van der Waals surface area contributed by atoms with Crippen LogP contribution >= 0.6 is 11.3 Å². The number of primary amides is 1. The Morgan fingerprint density at radius 1 is 1.75 bits per heavy atom. The first-order valence-electron chi connectivity index (χ1n) is 3.36. The van der Waals surface area contributed by atoms with E-state index in [-0.39, 0.29) is 0 Å². The number of nitrogens with two attached hydrogens (primary N) is 1. The molecule has 12 heavy (non-hydrogen) atoms. The summed E-state index contributed by atoms with van der Waals surface area (Å²) in [6.07, 6.45) is 0. The minimum atomic E-state index is -0.778. The van der Waals surface area contributed by atoms with Crippen molar-refractivity contribution in [2.75, 3.05) is 5.32 Å². The summed E-state index contributed by atoms with van der Waals surface area (Å²) in [7, 11) is 0. The van der Waals surface area contributed by atoms with E-state index in [0.717, 1.165) is 0 Å². The van der Waals surface area contributed by atoms with Gasteiger partial charge in [0.1, 0.15) is 11.0 Å². The van der Waals surface area contributed by atoms with Gasteiger partial charge in [0.05, 0.1) is 0 Å². The molecule has 1 aromatic rings. The summed E-state index contributed by atoms with van der Waals surface area (Å²) in [5, 5.41) is 10.8. The van der Waals surface area contributed by atoms with E-state index < -0.39 is 11.4 Å². The van der Waals surface area contributed by atoms with E-state index in [0.29, 0.717) is 5.13 Å². The van der Waals surface area contributed by atoms with Crippen LogP contribution in [0.1, 0.15) is 13.8 Å². The maximum absolute atomic E-state index is 10.9. The molecule has 0 aliphatic heterocycles. The first kappa shape index (κ1) is 8.92. The molecule has 5 nitrogen and oxygen atoms in total. The molecular weight excluding hydrogens is 176 g/mol. The Labute approximate surface area is 74.0 Å². The highest BCUT2D eigenvalue weighted by Gasteiger charge is 2.25. The molecule has 0 saturated heterocycles. The maximum Gasteiger partial charge on any atom is 0.242 e. The lowest BCUT2D eigenvalue weighted by atomic mass is 10.1. The van der Waals surface area contributed by atoms with Gasteiger partial charge in [-0.3, -0.25) is 4.79 Å². The van der Waals surface area contributed by atoms with Crippen molar-refractivity contribution in [3.63, 3.8) is 0 Å². The molecule has 1 amide bonds. The number of carbonyl (C=O) groups excluding carboxylic acids is 1. The Balaban J connectivity index is 2.69. The quantitative estimate of drug-likeness (QED) is 0.707. The second-order valence-electron chi connectivity index (χ2n) is 2.86. The first-order valence-corrected chi connectivity index (χ1v) is 4.24. The van der Waals surface area contributed by atoms with Gasteiger partial charge in [-0.05, 0) is 13.8 Å². The lowest BCUT2D eigenvalue weighted by molar-refractivity contribution is -0.121. The molecule has 0 atom stereocenters. The monoisotopic (exact) mass is 186 g/mol. The van der Waals surface area contributed by atoms with Gasteiger partial charge in [0.25, 0.3) is 0 Å². The molecule has 0 aromatic carbocycles. The van der Waals surface area contributed by atoms with E-state index in [4.69, 9.17) is 5.73 Å². The van der Waals surface area contributed by atoms with Crippen LogP contribution in [-0.4, -0.2) is 21.6 Å². The van der Waals surface area contributed by atoms with Crippen molar-refractivity contribution >= 4 is 22.4 Å². The molecule has 1 rings (SSSR count). The molecule has 66 valence electrons. The van der Waals surface area contributed by atoms with Gasteiger partial charge in [-0.2, -0.15) is 0 Å². The first-order chi connectivity index (χ1) is 5.52. The number of amides is 1. The zero-order valence-corrected chi connectivity index (χ0v) is 7.68.